The van der Waals surface area contributed by atoms with Crippen molar-refractivity contribution in [3.05, 3.63) is 0 Å². The van der Waals surface area contributed by atoms with Crippen molar-refractivity contribution in [1.82, 2.24) is 5.32 Å². The van der Waals surface area contributed by atoms with Gasteiger partial charge in [0.15, 0.2) is 0 Å². The van der Waals surface area contributed by atoms with E-state index in [2.05, 4.69) is 19.2 Å². The second-order valence-corrected chi connectivity index (χ2v) is 16.5. The van der Waals surface area contributed by atoms with E-state index in [9.17, 15) is 25.2 Å². The minimum absolute atomic E-state index is 0.376. The monoisotopic (exact) mass is 740 g/mol. The van der Waals surface area contributed by atoms with Crippen molar-refractivity contribution >= 4 is 5.91 Å². The number of amides is 1. The van der Waals surface area contributed by atoms with Crippen molar-refractivity contribution in [2.75, 3.05) is 6.61 Å². The van der Waals surface area contributed by atoms with Crippen molar-refractivity contribution in [2.45, 2.75) is 282 Å². The Balaban J connectivity index is 3.67. The molecule has 6 nitrogen and oxygen atoms in total. The van der Waals surface area contributed by atoms with Gasteiger partial charge in [0.25, 0.3) is 0 Å². The molecule has 0 heterocycles. The molecule has 5 N–H and O–H groups in total. The molecule has 0 aliphatic carbocycles. The summed E-state index contributed by atoms with van der Waals surface area (Å²) in [5, 5.41) is 43.8. The zero-order valence-corrected chi connectivity index (χ0v) is 35.1. The van der Waals surface area contributed by atoms with Gasteiger partial charge >= 0.3 is 0 Å². The summed E-state index contributed by atoms with van der Waals surface area (Å²) in [4.78, 5) is 12.5. The van der Waals surface area contributed by atoms with Gasteiger partial charge in [-0.2, -0.15) is 0 Å². The molecule has 0 fully saturated rings. The van der Waals surface area contributed by atoms with Gasteiger partial charge in [0.2, 0.25) is 5.91 Å². The highest BCUT2D eigenvalue weighted by Crippen LogP contribution is 2.17. The summed E-state index contributed by atoms with van der Waals surface area (Å²) in [6, 6.07) is -0.979. The second-order valence-electron chi connectivity index (χ2n) is 16.5. The minimum atomic E-state index is -1.25. The number of carbonyl (C=O) groups is 1. The predicted octanol–water partition coefficient (Wildman–Crippen LogP) is 12.4. The topological polar surface area (TPSA) is 110 Å². The van der Waals surface area contributed by atoms with E-state index in [-0.39, 0.29) is 0 Å². The van der Waals surface area contributed by atoms with Gasteiger partial charge in [-0.1, -0.05) is 245 Å². The van der Waals surface area contributed by atoms with Crippen molar-refractivity contribution in [2.24, 2.45) is 0 Å². The molecule has 0 rings (SSSR count). The van der Waals surface area contributed by atoms with Gasteiger partial charge in [-0.05, 0) is 12.8 Å². The van der Waals surface area contributed by atoms with E-state index >= 15 is 0 Å². The molecule has 0 aromatic carbocycles. The normalized spacial score (nSPS) is 14.0. The zero-order valence-electron chi connectivity index (χ0n) is 35.1. The first-order chi connectivity index (χ1) is 25.5. The molecule has 52 heavy (non-hydrogen) atoms. The number of nitrogens with one attached hydrogen (secondary N) is 1. The maximum atomic E-state index is 12.5. The molecule has 0 aromatic rings. The third kappa shape index (κ3) is 35.0. The summed E-state index contributed by atoms with van der Waals surface area (Å²) in [6.07, 6.45) is 44.2. The van der Waals surface area contributed by atoms with E-state index in [1.54, 1.807) is 0 Å². The van der Waals surface area contributed by atoms with E-state index < -0.39 is 36.9 Å². The molecule has 1 amide bonds. The summed E-state index contributed by atoms with van der Waals surface area (Å²) in [7, 11) is 0. The molecule has 0 aromatic heterocycles. The van der Waals surface area contributed by atoms with E-state index in [1.165, 1.54) is 193 Å². The Kier molecular flexibility index (Phi) is 40.9. The lowest BCUT2D eigenvalue weighted by Crippen LogP contribution is -2.53. The Bertz CT molecular complexity index is 706. The van der Waals surface area contributed by atoms with Gasteiger partial charge in [-0.15, -0.1) is 0 Å². The summed E-state index contributed by atoms with van der Waals surface area (Å²) in [5.41, 5.74) is 0. The first kappa shape index (κ1) is 51.3. The highest BCUT2D eigenvalue weighted by Gasteiger charge is 2.28. The van der Waals surface area contributed by atoms with Gasteiger partial charge in [0.1, 0.15) is 12.2 Å². The molecule has 312 valence electrons. The molecule has 4 unspecified atom stereocenters. The lowest BCUT2D eigenvalue weighted by atomic mass is 9.99. The molecule has 0 spiro atoms. The molecule has 0 saturated heterocycles. The molecule has 4 atom stereocenters. The summed E-state index contributed by atoms with van der Waals surface area (Å²) >= 11 is 0. The van der Waals surface area contributed by atoms with Crippen molar-refractivity contribution in [3.63, 3.8) is 0 Å². The Morgan fingerprint density at radius 2 is 0.654 bits per heavy atom. The van der Waals surface area contributed by atoms with Gasteiger partial charge in [-0.3, -0.25) is 4.79 Å². The lowest BCUT2D eigenvalue weighted by Gasteiger charge is -2.27. The molecule has 6 heteroatoms. The van der Waals surface area contributed by atoms with Crippen LogP contribution in [-0.2, 0) is 4.79 Å². The van der Waals surface area contributed by atoms with Crippen LogP contribution in [-0.4, -0.2) is 57.3 Å². The van der Waals surface area contributed by atoms with E-state index in [0.29, 0.717) is 12.8 Å². The van der Waals surface area contributed by atoms with Crippen LogP contribution in [0.5, 0.6) is 0 Å². The molecular formula is C46H93NO5. The van der Waals surface area contributed by atoms with E-state index in [0.717, 1.165) is 38.5 Å². The van der Waals surface area contributed by atoms with E-state index in [1.807, 2.05) is 0 Å². The number of aliphatic hydroxyl groups is 4. The summed E-state index contributed by atoms with van der Waals surface area (Å²) < 4.78 is 0. The standard InChI is InChI=1S/C46H93NO5/c1-3-5-7-9-11-13-15-17-19-21-22-24-26-28-30-32-34-36-38-40-44(50)46(52)47-42(41-48)45(51)43(49)39-37-35-33-31-29-27-25-23-20-18-16-14-12-10-8-6-4-2/h42-45,48-51H,3-41H2,1-2H3,(H,47,52). The fraction of sp³-hybridized carbons (Fsp3) is 0.978. The summed E-state index contributed by atoms with van der Waals surface area (Å²) in [6.45, 7) is 4.08. The number of hydrogen-bond acceptors (Lipinski definition) is 5. The fourth-order valence-corrected chi connectivity index (χ4v) is 7.58. The smallest absolute Gasteiger partial charge is 0.249 e. The molecule has 0 aliphatic heterocycles. The predicted molar refractivity (Wildman–Crippen MR) is 224 cm³/mol. The van der Waals surface area contributed by atoms with Gasteiger partial charge < -0.3 is 25.7 Å². The van der Waals surface area contributed by atoms with Crippen LogP contribution in [0, 0.1) is 0 Å². The Hall–Kier alpha value is -0.690. The van der Waals surface area contributed by atoms with Crippen LogP contribution in [0.4, 0.5) is 0 Å². The number of hydrogen-bond donors (Lipinski definition) is 5. The SMILES string of the molecule is CCCCCCCCCCCCCCCCCCCCCC(O)C(=O)NC(CO)C(O)C(O)CCCCCCCCCCCCCCCCCCC. The van der Waals surface area contributed by atoms with Crippen LogP contribution in [0.2, 0.25) is 0 Å². The molecule has 0 saturated carbocycles. The molecule has 0 radical (unpaired) electrons. The summed E-state index contributed by atoms with van der Waals surface area (Å²) in [5.74, 6) is -0.578. The van der Waals surface area contributed by atoms with E-state index in [4.69, 9.17) is 0 Å². The Morgan fingerprint density at radius 1 is 0.404 bits per heavy atom. The lowest BCUT2D eigenvalue weighted by molar-refractivity contribution is -0.132. The molecular weight excluding hydrogens is 647 g/mol. The average Bonchev–Trinajstić information content (AvgIpc) is 3.15. The highest BCUT2D eigenvalue weighted by atomic mass is 16.3. The average molecular weight is 740 g/mol. The van der Waals surface area contributed by atoms with Crippen LogP contribution in [0.3, 0.4) is 0 Å². The Labute approximate surface area is 324 Å². The first-order valence-electron chi connectivity index (χ1n) is 23.4. The van der Waals surface area contributed by atoms with Crippen LogP contribution >= 0.6 is 0 Å². The molecule has 0 aliphatic rings. The van der Waals surface area contributed by atoms with Gasteiger partial charge in [-0.25, -0.2) is 0 Å². The number of rotatable bonds is 43. The first-order valence-corrected chi connectivity index (χ1v) is 23.4. The number of aliphatic hydroxyl groups excluding tert-OH is 4. The van der Waals surface area contributed by atoms with Crippen LogP contribution in [0.15, 0.2) is 0 Å². The number of unbranched alkanes of at least 4 members (excludes halogenated alkanes) is 34. The Morgan fingerprint density at radius 3 is 0.923 bits per heavy atom. The fourth-order valence-electron chi connectivity index (χ4n) is 7.58. The third-order valence-electron chi connectivity index (χ3n) is 11.3. The maximum Gasteiger partial charge on any atom is 0.249 e. The van der Waals surface area contributed by atoms with Crippen molar-refractivity contribution < 1.29 is 25.2 Å². The highest BCUT2D eigenvalue weighted by molar-refractivity contribution is 5.80. The maximum absolute atomic E-state index is 12.5. The minimum Gasteiger partial charge on any atom is -0.394 e. The molecule has 0 bridgehead atoms. The van der Waals surface area contributed by atoms with Gasteiger partial charge in [0, 0.05) is 0 Å². The van der Waals surface area contributed by atoms with Crippen molar-refractivity contribution in [3.8, 4) is 0 Å². The zero-order chi connectivity index (χ0) is 38.2. The van der Waals surface area contributed by atoms with Crippen LogP contribution in [0.1, 0.15) is 258 Å². The largest absolute Gasteiger partial charge is 0.394 e. The van der Waals surface area contributed by atoms with Gasteiger partial charge in [0.05, 0.1) is 18.8 Å². The van der Waals surface area contributed by atoms with Crippen molar-refractivity contribution in [1.29, 1.82) is 0 Å². The second kappa shape index (κ2) is 41.5. The van der Waals surface area contributed by atoms with Crippen LogP contribution < -0.4 is 5.32 Å². The quantitative estimate of drug-likeness (QED) is 0.0400. The van der Waals surface area contributed by atoms with Crippen LogP contribution in [0.25, 0.3) is 0 Å². The number of carbonyl (C=O) groups excluding carboxylic acids is 1. The third-order valence-corrected chi connectivity index (χ3v) is 11.3.